The third-order valence-electron chi connectivity index (χ3n) is 6.31. The van der Waals surface area contributed by atoms with Crippen LogP contribution in [0.1, 0.15) is 73.3 Å². The number of carbonyl (C=O) groups is 2. The second kappa shape index (κ2) is 16.0. The number of methoxy groups -OCH3 is 1. The molecule has 1 amide bonds. The van der Waals surface area contributed by atoms with E-state index in [-0.39, 0.29) is 67.9 Å². The average Bonchev–Trinajstić information content (AvgIpc) is 3.26. The molecule has 0 saturated carbocycles. The number of aliphatic hydroxyl groups excluding tert-OH is 2. The summed E-state index contributed by atoms with van der Waals surface area (Å²) in [6.45, 7) is 4.62. The van der Waals surface area contributed by atoms with Crippen molar-refractivity contribution in [3.05, 3.63) is 82.4 Å². The van der Waals surface area contributed by atoms with E-state index in [4.69, 9.17) is 9.84 Å². The smallest absolute Gasteiger partial charge is 1.00 e. The number of hydrogen-bond acceptors (Lipinski definition) is 6. The molecule has 0 aliphatic heterocycles. The van der Waals surface area contributed by atoms with Crippen LogP contribution >= 0.6 is 0 Å². The summed E-state index contributed by atoms with van der Waals surface area (Å²) in [6, 6.07) is 13.4. The summed E-state index contributed by atoms with van der Waals surface area (Å²) in [5, 5.41) is 36.8. The fourth-order valence-corrected chi connectivity index (χ4v) is 4.56. The Balaban J connectivity index is 0.00000420. The van der Waals surface area contributed by atoms with Crippen LogP contribution in [0.2, 0.25) is 0 Å². The molecule has 0 bridgehead atoms. The van der Waals surface area contributed by atoms with Crippen molar-refractivity contribution in [3.8, 4) is 5.69 Å². The van der Waals surface area contributed by atoms with E-state index in [0.29, 0.717) is 30.0 Å². The number of ether oxygens (including phenoxy) is 1. The maximum atomic E-state index is 13.6. The molecule has 11 heteroatoms. The van der Waals surface area contributed by atoms with Gasteiger partial charge in [0.15, 0.2) is 5.69 Å². The molecule has 2 aromatic carbocycles. The van der Waals surface area contributed by atoms with E-state index in [2.05, 4.69) is 10.4 Å². The largest absolute Gasteiger partial charge is 1.00 e. The summed E-state index contributed by atoms with van der Waals surface area (Å²) in [5.41, 5.74) is 4.06. The van der Waals surface area contributed by atoms with E-state index in [1.54, 1.807) is 23.9 Å². The standard InChI is InChI=1S/C29H36FN3O6.Na.H/c1-18(2)27-25(12-11-23(34)14-24(35)15-26(36)37)33(22-9-7-21(30)8-10-22)32-28(27)29(38)31-16-19-5-4-6-20(13-19)17-39-3;;/h4-10,13,18,23-24,34-35H,11-12,14-17H2,1-3H3,(H,31,38)(H,36,37);;/q;+1;-1/t23-,24-;;/m1../s1. The van der Waals surface area contributed by atoms with Crippen LogP contribution in [0.5, 0.6) is 0 Å². The molecule has 4 N–H and O–H groups in total. The molecule has 3 aromatic rings. The maximum Gasteiger partial charge on any atom is 1.00 e. The fraction of sp³-hybridized carbons (Fsp3) is 0.414. The van der Waals surface area contributed by atoms with E-state index < -0.39 is 30.4 Å². The van der Waals surface area contributed by atoms with Crippen LogP contribution in [0.3, 0.4) is 0 Å². The van der Waals surface area contributed by atoms with Crippen LogP contribution in [-0.4, -0.2) is 56.3 Å². The number of nitrogens with zero attached hydrogens (tertiary/aromatic N) is 2. The van der Waals surface area contributed by atoms with Gasteiger partial charge in [-0.1, -0.05) is 38.1 Å². The SMILES string of the molecule is COCc1cccc(CNC(=O)c2nn(-c3ccc(F)cc3)c(CC[C@@H](O)C[C@@H](O)CC(=O)O)c2C(C)C)c1.[H-].[Na+]. The van der Waals surface area contributed by atoms with Crippen molar-refractivity contribution in [1.29, 1.82) is 0 Å². The van der Waals surface area contributed by atoms with E-state index in [0.717, 1.165) is 11.1 Å². The number of aromatic nitrogens is 2. The number of carboxylic acid groups (broad SMARTS) is 1. The van der Waals surface area contributed by atoms with Gasteiger partial charge in [0.2, 0.25) is 0 Å². The molecule has 2 atom stereocenters. The summed E-state index contributed by atoms with van der Waals surface area (Å²) < 4.78 is 20.4. The molecular formula is C29H37FN3NaO6. The van der Waals surface area contributed by atoms with Gasteiger partial charge in [-0.15, -0.1) is 0 Å². The minimum atomic E-state index is -1.17. The van der Waals surface area contributed by atoms with Crippen molar-refractivity contribution in [3.63, 3.8) is 0 Å². The van der Waals surface area contributed by atoms with Crippen molar-refractivity contribution < 1.29 is 65.0 Å². The molecule has 0 aliphatic carbocycles. The number of benzene rings is 2. The Hall–Kier alpha value is -2.60. The van der Waals surface area contributed by atoms with E-state index in [1.165, 1.54) is 12.1 Å². The van der Waals surface area contributed by atoms with Gasteiger partial charge in [-0.3, -0.25) is 9.59 Å². The molecule has 1 heterocycles. The number of aliphatic hydroxyl groups is 2. The predicted octanol–water partition coefficient (Wildman–Crippen LogP) is 0.847. The third-order valence-corrected chi connectivity index (χ3v) is 6.31. The number of carbonyl (C=O) groups excluding carboxylic acids is 1. The Bertz CT molecular complexity index is 1270. The van der Waals surface area contributed by atoms with Crippen LogP contribution in [0, 0.1) is 5.82 Å². The second-order valence-corrected chi connectivity index (χ2v) is 9.87. The summed E-state index contributed by atoms with van der Waals surface area (Å²) in [5.74, 6) is -2.02. The maximum absolute atomic E-state index is 13.6. The Morgan fingerprint density at radius 3 is 2.40 bits per heavy atom. The molecule has 212 valence electrons. The Labute approximate surface area is 257 Å². The molecule has 0 saturated heterocycles. The summed E-state index contributed by atoms with van der Waals surface area (Å²) >= 11 is 0. The van der Waals surface area contributed by atoms with Crippen LogP contribution < -0.4 is 34.9 Å². The van der Waals surface area contributed by atoms with E-state index >= 15 is 0 Å². The number of rotatable bonds is 14. The Kier molecular flexibility index (Phi) is 13.4. The van der Waals surface area contributed by atoms with Crippen LogP contribution in [0.15, 0.2) is 48.5 Å². The molecule has 40 heavy (non-hydrogen) atoms. The molecule has 0 unspecified atom stereocenters. The van der Waals surface area contributed by atoms with E-state index in [9.17, 15) is 24.2 Å². The number of nitrogens with one attached hydrogen (secondary N) is 1. The summed E-state index contributed by atoms with van der Waals surface area (Å²) in [6.07, 6.45) is -2.19. The minimum absolute atomic E-state index is 0. The number of carboxylic acids is 1. The molecule has 0 radical (unpaired) electrons. The Morgan fingerprint density at radius 2 is 1.77 bits per heavy atom. The molecule has 3 rings (SSSR count). The van der Waals surface area contributed by atoms with Crippen molar-refractivity contribution in [2.24, 2.45) is 0 Å². The zero-order chi connectivity index (χ0) is 28.5. The van der Waals surface area contributed by atoms with Gasteiger partial charge in [-0.25, -0.2) is 9.07 Å². The molecule has 0 fully saturated rings. The molecule has 9 nitrogen and oxygen atoms in total. The quantitative estimate of drug-likeness (QED) is 0.213. The number of amides is 1. The fourth-order valence-electron chi connectivity index (χ4n) is 4.56. The van der Waals surface area contributed by atoms with Gasteiger partial charge in [0.1, 0.15) is 5.82 Å². The first-order valence-corrected chi connectivity index (χ1v) is 12.9. The van der Waals surface area contributed by atoms with Gasteiger partial charge in [0, 0.05) is 24.9 Å². The van der Waals surface area contributed by atoms with E-state index in [1.807, 2.05) is 38.1 Å². The van der Waals surface area contributed by atoms with Gasteiger partial charge in [0.05, 0.1) is 30.9 Å². The average molecular weight is 566 g/mol. The number of aliphatic carboxylic acids is 1. The first-order valence-electron chi connectivity index (χ1n) is 12.9. The summed E-state index contributed by atoms with van der Waals surface area (Å²) in [7, 11) is 1.62. The normalized spacial score (nSPS) is 12.6. The molecular weight excluding hydrogens is 528 g/mol. The Morgan fingerprint density at radius 1 is 1.10 bits per heavy atom. The van der Waals surface area contributed by atoms with Crippen molar-refractivity contribution >= 4 is 11.9 Å². The van der Waals surface area contributed by atoms with Crippen LogP contribution in [0.25, 0.3) is 5.69 Å². The first-order chi connectivity index (χ1) is 18.6. The monoisotopic (exact) mass is 565 g/mol. The predicted molar refractivity (Wildman–Crippen MR) is 144 cm³/mol. The zero-order valence-corrected chi connectivity index (χ0v) is 25.4. The minimum Gasteiger partial charge on any atom is -1.00 e. The van der Waals surface area contributed by atoms with Crippen molar-refractivity contribution in [1.82, 2.24) is 15.1 Å². The van der Waals surface area contributed by atoms with Crippen LogP contribution in [-0.2, 0) is 29.1 Å². The third kappa shape index (κ3) is 9.50. The summed E-state index contributed by atoms with van der Waals surface area (Å²) in [4.78, 5) is 24.2. The zero-order valence-electron chi connectivity index (χ0n) is 24.4. The van der Waals surface area contributed by atoms with Gasteiger partial charge in [-0.05, 0) is 60.6 Å². The van der Waals surface area contributed by atoms with Gasteiger partial charge in [-0.2, -0.15) is 5.10 Å². The number of hydrogen-bond donors (Lipinski definition) is 4. The van der Waals surface area contributed by atoms with Gasteiger partial charge >= 0.3 is 35.5 Å². The van der Waals surface area contributed by atoms with Crippen molar-refractivity contribution in [2.45, 2.75) is 70.8 Å². The molecule has 0 aliphatic rings. The first kappa shape index (κ1) is 33.6. The van der Waals surface area contributed by atoms with Crippen LogP contribution in [0.4, 0.5) is 4.39 Å². The topological polar surface area (TPSA) is 134 Å². The van der Waals surface area contributed by atoms with Crippen molar-refractivity contribution in [2.75, 3.05) is 7.11 Å². The second-order valence-electron chi connectivity index (χ2n) is 9.87. The number of halogens is 1. The van der Waals surface area contributed by atoms with Gasteiger partial charge in [0.25, 0.3) is 5.91 Å². The molecule has 0 spiro atoms. The molecule has 1 aromatic heterocycles. The van der Waals surface area contributed by atoms with Gasteiger partial charge < -0.3 is 26.8 Å².